The predicted molar refractivity (Wildman–Crippen MR) is 160 cm³/mol. The third kappa shape index (κ3) is 6.93. The molecule has 41 heavy (non-hydrogen) atoms. The van der Waals surface area contributed by atoms with Gasteiger partial charge < -0.3 is 20.9 Å². The van der Waals surface area contributed by atoms with Gasteiger partial charge in [0, 0.05) is 50.7 Å². The van der Waals surface area contributed by atoms with E-state index in [9.17, 15) is 14.4 Å². The molecule has 1 saturated heterocycles. The van der Waals surface area contributed by atoms with E-state index < -0.39 is 12.1 Å². The maximum atomic E-state index is 14.1. The molecular weight excluding hydrogens is 538 g/mol. The average molecular weight is 580 g/mol. The van der Waals surface area contributed by atoms with Crippen molar-refractivity contribution in [3.8, 4) is 0 Å². The first-order chi connectivity index (χ1) is 19.8. The van der Waals surface area contributed by atoms with Gasteiger partial charge in [0.1, 0.15) is 6.04 Å². The number of amides is 3. The van der Waals surface area contributed by atoms with E-state index in [0.29, 0.717) is 43.4 Å². The zero-order valence-electron chi connectivity index (χ0n) is 24.1. The standard InChI is InChI=1S/C32H42ClN5O3/c1-34-31(40)29-18-26(20-38(29)25-10-4-3-5-11-25)37(2)32(41)28(16-21-12-14-24(33)15-13-21)36-30(39)27-17-22-8-6-7-9-23(22)19-35-27/h6-9,12-15,25-29,35H,3-5,10-11,16-20H2,1-2H3,(H,34,40)(H,36,39)/t26-,27+,28+,29-/m0/s1. The summed E-state index contributed by atoms with van der Waals surface area (Å²) in [4.78, 5) is 44.6. The Kier molecular flexibility index (Phi) is 9.63. The number of fused-ring (bicyclic) bond motifs is 1. The van der Waals surface area contributed by atoms with Crippen molar-refractivity contribution in [3.63, 3.8) is 0 Å². The third-order valence-electron chi connectivity index (χ3n) is 9.17. The molecule has 2 aromatic rings. The second kappa shape index (κ2) is 13.4. The van der Waals surface area contributed by atoms with Crippen LogP contribution in [0.15, 0.2) is 48.5 Å². The molecule has 9 heteroatoms. The fraction of sp³-hybridized carbons (Fsp3) is 0.531. The largest absolute Gasteiger partial charge is 0.358 e. The van der Waals surface area contributed by atoms with Crippen LogP contribution in [0.3, 0.4) is 0 Å². The molecule has 2 aliphatic heterocycles. The molecule has 1 aliphatic carbocycles. The topological polar surface area (TPSA) is 93.8 Å². The smallest absolute Gasteiger partial charge is 0.245 e. The van der Waals surface area contributed by atoms with Crippen molar-refractivity contribution in [2.75, 3.05) is 20.6 Å². The first-order valence-corrected chi connectivity index (χ1v) is 15.3. The van der Waals surface area contributed by atoms with Crippen LogP contribution in [0.25, 0.3) is 0 Å². The van der Waals surface area contributed by atoms with Crippen molar-refractivity contribution in [3.05, 3.63) is 70.2 Å². The van der Waals surface area contributed by atoms with E-state index in [1.165, 1.54) is 24.8 Å². The molecule has 3 amide bonds. The molecule has 2 fully saturated rings. The lowest BCUT2D eigenvalue weighted by atomic mass is 9.93. The Balaban J connectivity index is 1.32. The summed E-state index contributed by atoms with van der Waals surface area (Å²) in [5.41, 5.74) is 3.26. The van der Waals surface area contributed by atoms with E-state index in [-0.39, 0.29) is 29.8 Å². The van der Waals surface area contributed by atoms with Crippen LogP contribution in [0.1, 0.15) is 55.2 Å². The van der Waals surface area contributed by atoms with E-state index in [2.05, 4.69) is 33.0 Å². The minimum Gasteiger partial charge on any atom is -0.358 e. The van der Waals surface area contributed by atoms with Crippen LogP contribution in [0.4, 0.5) is 0 Å². The number of likely N-dealkylation sites (N-methyl/N-ethyl adjacent to an activating group) is 2. The number of rotatable bonds is 8. The van der Waals surface area contributed by atoms with Crippen LogP contribution >= 0.6 is 11.6 Å². The quantitative estimate of drug-likeness (QED) is 0.447. The van der Waals surface area contributed by atoms with Gasteiger partial charge >= 0.3 is 0 Å². The Morgan fingerprint density at radius 2 is 1.73 bits per heavy atom. The Morgan fingerprint density at radius 3 is 2.44 bits per heavy atom. The zero-order valence-corrected chi connectivity index (χ0v) is 24.8. The molecule has 2 heterocycles. The molecule has 2 aromatic carbocycles. The van der Waals surface area contributed by atoms with Gasteiger partial charge in [-0.05, 0) is 54.5 Å². The maximum Gasteiger partial charge on any atom is 0.245 e. The van der Waals surface area contributed by atoms with Gasteiger partial charge in [-0.2, -0.15) is 0 Å². The van der Waals surface area contributed by atoms with Gasteiger partial charge in [0.15, 0.2) is 0 Å². The number of likely N-dealkylation sites (tertiary alicyclic amines) is 1. The van der Waals surface area contributed by atoms with Crippen LogP contribution in [-0.4, -0.2) is 78.4 Å². The lowest BCUT2D eigenvalue weighted by molar-refractivity contribution is -0.137. The monoisotopic (exact) mass is 579 g/mol. The van der Waals surface area contributed by atoms with Crippen molar-refractivity contribution < 1.29 is 14.4 Å². The summed E-state index contributed by atoms with van der Waals surface area (Å²) in [5, 5.41) is 9.88. The molecule has 0 radical (unpaired) electrons. The van der Waals surface area contributed by atoms with Gasteiger partial charge in [0.2, 0.25) is 17.7 Å². The number of halogens is 1. The molecule has 3 aliphatic rings. The fourth-order valence-electron chi connectivity index (χ4n) is 6.75. The average Bonchev–Trinajstić information content (AvgIpc) is 3.46. The highest BCUT2D eigenvalue weighted by molar-refractivity contribution is 6.30. The summed E-state index contributed by atoms with van der Waals surface area (Å²) >= 11 is 6.11. The second-order valence-electron chi connectivity index (χ2n) is 11.8. The van der Waals surface area contributed by atoms with Crippen molar-refractivity contribution in [2.45, 2.75) is 88.1 Å². The molecule has 4 atom stereocenters. The van der Waals surface area contributed by atoms with Gasteiger partial charge in [-0.15, -0.1) is 0 Å². The number of carbonyl (C=O) groups is 3. The molecule has 8 nitrogen and oxygen atoms in total. The number of benzene rings is 2. The predicted octanol–water partition coefficient (Wildman–Crippen LogP) is 3.06. The minimum atomic E-state index is -0.741. The third-order valence-corrected chi connectivity index (χ3v) is 9.42. The van der Waals surface area contributed by atoms with E-state index in [1.807, 2.05) is 31.3 Å². The summed E-state index contributed by atoms with van der Waals surface area (Å²) in [5.74, 6) is -0.317. The van der Waals surface area contributed by atoms with E-state index >= 15 is 0 Å². The van der Waals surface area contributed by atoms with Crippen LogP contribution in [0, 0.1) is 0 Å². The van der Waals surface area contributed by atoms with Gasteiger partial charge in [0.05, 0.1) is 12.1 Å². The summed E-state index contributed by atoms with van der Waals surface area (Å²) in [6.45, 7) is 1.28. The first-order valence-electron chi connectivity index (χ1n) is 14.9. The van der Waals surface area contributed by atoms with Gasteiger partial charge in [-0.3, -0.25) is 19.3 Å². The summed E-state index contributed by atoms with van der Waals surface area (Å²) in [7, 11) is 3.49. The van der Waals surface area contributed by atoms with E-state index in [1.54, 1.807) is 24.1 Å². The summed E-state index contributed by atoms with van der Waals surface area (Å²) < 4.78 is 0. The number of hydrogen-bond donors (Lipinski definition) is 3. The van der Waals surface area contributed by atoms with Gasteiger partial charge in [0.25, 0.3) is 0 Å². The lowest BCUT2D eigenvalue weighted by Gasteiger charge is -2.35. The number of nitrogens with one attached hydrogen (secondary N) is 3. The van der Waals surface area contributed by atoms with Gasteiger partial charge in [-0.25, -0.2) is 0 Å². The first kappa shape index (κ1) is 29.5. The molecule has 0 aromatic heterocycles. The second-order valence-corrected chi connectivity index (χ2v) is 12.2. The van der Waals surface area contributed by atoms with Crippen molar-refractivity contribution in [1.82, 2.24) is 25.8 Å². The van der Waals surface area contributed by atoms with E-state index in [4.69, 9.17) is 11.6 Å². The minimum absolute atomic E-state index is 0.00796. The van der Waals surface area contributed by atoms with Crippen LogP contribution in [0.5, 0.6) is 0 Å². The normalized spacial score (nSPS) is 23.8. The molecular formula is C32H42ClN5O3. The Bertz CT molecular complexity index is 1230. The Morgan fingerprint density at radius 1 is 1.02 bits per heavy atom. The molecule has 3 N–H and O–H groups in total. The molecule has 5 rings (SSSR count). The number of hydrogen-bond acceptors (Lipinski definition) is 5. The Hall–Kier alpha value is -2.94. The highest BCUT2D eigenvalue weighted by atomic mass is 35.5. The molecule has 220 valence electrons. The zero-order chi connectivity index (χ0) is 28.9. The number of carbonyl (C=O) groups excluding carboxylic acids is 3. The number of nitrogens with zero attached hydrogens (tertiary/aromatic N) is 2. The molecule has 0 unspecified atom stereocenters. The summed E-state index contributed by atoms with van der Waals surface area (Å²) in [6, 6.07) is 14.4. The SMILES string of the molecule is CNC(=O)[C@@H]1C[C@H](N(C)C(=O)[C@@H](Cc2ccc(Cl)cc2)NC(=O)[C@H]2Cc3ccccc3CN2)CN1C1CCCCC1. The van der Waals surface area contributed by atoms with Gasteiger partial charge in [-0.1, -0.05) is 67.3 Å². The van der Waals surface area contributed by atoms with Crippen LogP contribution in [0.2, 0.25) is 5.02 Å². The van der Waals surface area contributed by atoms with Crippen molar-refractivity contribution in [1.29, 1.82) is 0 Å². The molecule has 0 spiro atoms. The van der Waals surface area contributed by atoms with Crippen LogP contribution in [-0.2, 0) is 33.8 Å². The van der Waals surface area contributed by atoms with Crippen LogP contribution < -0.4 is 16.0 Å². The fourth-order valence-corrected chi connectivity index (χ4v) is 6.88. The Labute approximate surface area is 248 Å². The van der Waals surface area contributed by atoms with Crippen molar-refractivity contribution in [2.24, 2.45) is 0 Å². The molecule has 1 saturated carbocycles. The van der Waals surface area contributed by atoms with E-state index in [0.717, 1.165) is 24.0 Å². The highest BCUT2D eigenvalue weighted by Crippen LogP contribution is 2.31. The lowest BCUT2D eigenvalue weighted by Crippen LogP contribution is -2.56. The molecule has 0 bridgehead atoms. The van der Waals surface area contributed by atoms with Crippen molar-refractivity contribution >= 4 is 29.3 Å². The summed E-state index contributed by atoms with van der Waals surface area (Å²) in [6.07, 6.45) is 7.28. The maximum absolute atomic E-state index is 14.1. The highest BCUT2D eigenvalue weighted by Gasteiger charge is 2.43.